The molecule has 0 radical (unpaired) electrons. The van der Waals surface area contributed by atoms with Gasteiger partial charge < -0.3 is 19.5 Å². The molecule has 1 aliphatic rings. The summed E-state index contributed by atoms with van der Waals surface area (Å²) in [6.07, 6.45) is 3.56. The normalized spacial score (nSPS) is 17.8. The Balaban J connectivity index is 1.68. The van der Waals surface area contributed by atoms with Gasteiger partial charge in [-0.05, 0) is 12.1 Å². The second kappa shape index (κ2) is 7.19. The molecule has 0 bridgehead atoms. The summed E-state index contributed by atoms with van der Waals surface area (Å²) in [7, 11) is 1.90. The first kappa shape index (κ1) is 16.7. The number of imidazole rings is 1. The summed E-state index contributed by atoms with van der Waals surface area (Å²) >= 11 is 5.72. The number of rotatable bonds is 4. The van der Waals surface area contributed by atoms with Crippen molar-refractivity contribution >= 4 is 17.5 Å². The van der Waals surface area contributed by atoms with Crippen LogP contribution in [0.3, 0.4) is 0 Å². The maximum Gasteiger partial charge on any atom is 0.261 e. The van der Waals surface area contributed by atoms with Crippen LogP contribution >= 0.6 is 11.6 Å². The molecule has 0 aliphatic carbocycles. The highest BCUT2D eigenvalue weighted by Crippen LogP contribution is 2.23. The maximum atomic E-state index is 13.2. The van der Waals surface area contributed by atoms with Crippen molar-refractivity contribution in [3.63, 3.8) is 0 Å². The van der Waals surface area contributed by atoms with Crippen LogP contribution in [0.5, 0.6) is 5.75 Å². The molecule has 1 saturated heterocycles. The third-order valence-corrected chi connectivity index (χ3v) is 4.26. The molecule has 24 heavy (non-hydrogen) atoms. The van der Waals surface area contributed by atoms with E-state index < -0.39 is 5.82 Å². The summed E-state index contributed by atoms with van der Waals surface area (Å²) in [6, 6.07) is 3.87. The predicted molar refractivity (Wildman–Crippen MR) is 87.4 cm³/mol. The van der Waals surface area contributed by atoms with Gasteiger partial charge in [-0.3, -0.25) is 4.79 Å². The third-order valence-electron chi connectivity index (χ3n) is 3.97. The zero-order chi connectivity index (χ0) is 17.1. The monoisotopic (exact) mass is 352 g/mol. The molecule has 0 saturated carbocycles. The van der Waals surface area contributed by atoms with Crippen molar-refractivity contribution in [2.45, 2.75) is 6.04 Å². The summed E-state index contributed by atoms with van der Waals surface area (Å²) in [5.74, 6) is 0.510. The molecule has 1 unspecified atom stereocenters. The Morgan fingerprint density at radius 2 is 2.38 bits per heavy atom. The number of benzene rings is 1. The molecule has 1 amide bonds. The van der Waals surface area contributed by atoms with Gasteiger partial charge in [-0.25, -0.2) is 9.37 Å². The molecule has 1 fully saturated rings. The van der Waals surface area contributed by atoms with Crippen LogP contribution < -0.4 is 10.1 Å². The minimum absolute atomic E-state index is 0.0343. The van der Waals surface area contributed by atoms with Gasteiger partial charge in [-0.1, -0.05) is 11.6 Å². The largest absolute Gasteiger partial charge is 0.484 e. The zero-order valence-corrected chi connectivity index (χ0v) is 14.0. The molecule has 2 heterocycles. The topological polar surface area (TPSA) is 59.4 Å². The van der Waals surface area contributed by atoms with Crippen molar-refractivity contribution in [1.29, 1.82) is 0 Å². The van der Waals surface area contributed by atoms with Gasteiger partial charge in [0.2, 0.25) is 0 Å². The number of aryl methyl sites for hydroxylation is 1. The second-order valence-electron chi connectivity index (χ2n) is 5.57. The molecule has 1 aromatic heterocycles. The number of carbonyl (C=O) groups is 1. The Morgan fingerprint density at radius 3 is 3.08 bits per heavy atom. The van der Waals surface area contributed by atoms with Crippen LogP contribution in [0.1, 0.15) is 11.9 Å². The molecule has 2 aromatic rings. The van der Waals surface area contributed by atoms with E-state index in [1.165, 1.54) is 18.2 Å². The number of nitrogens with zero attached hydrogens (tertiary/aromatic N) is 3. The van der Waals surface area contributed by atoms with E-state index in [-0.39, 0.29) is 23.6 Å². The number of halogens is 2. The van der Waals surface area contributed by atoms with Gasteiger partial charge in [0.15, 0.2) is 6.61 Å². The van der Waals surface area contributed by atoms with Crippen LogP contribution in [-0.2, 0) is 11.8 Å². The molecule has 6 nitrogen and oxygen atoms in total. The summed E-state index contributed by atoms with van der Waals surface area (Å²) in [5.41, 5.74) is 0. The summed E-state index contributed by atoms with van der Waals surface area (Å²) in [6.45, 7) is 1.79. The number of piperazine rings is 1. The molecule has 1 atom stereocenters. The summed E-state index contributed by atoms with van der Waals surface area (Å²) in [5, 5.41) is 3.24. The third kappa shape index (κ3) is 3.52. The van der Waals surface area contributed by atoms with Crippen molar-refractivity contribution < 1.29 is 13.9 Å². The number of hydrogen-bond acceptors (Lipinski definition) is 4. The molecule has 0 spiro atoms. The Bertz CT molecular complexity index is 737. The quantitative estimate of drug-likeness (QED) is 0.911. The number of hydrogen-bond donors (Lipinski definition) is 1. The van der Waals surface area contributed by atoms with Crippen LogP contribution in [0, 0.1) is 5.82 Å². The van der Waals surface area contributed by atoms with Crippen LogP contribution in [0.25, 0.3) is 0 Å². The van der Waals surface area contributed by atoms with E-state index in [1.54, 1.807) is 11.1 Å². The Kier molecular flexibility index (Phi) is 5.01. The summed E-state index contributed by atoms with van der Waals surface area (Å²) in [4.78, 5) is 18.7. The fourth-order valence-electron chi connectivity index (χ4n) is 2.73. The molecule has 1 N–H and O–H groups in total. The highest BCUT2D eigenvalue weighted by molar-refractivity contribution is 6.30. The molecule has 8 heteroatoms. The average Bonchev–Trinajstić information content (AvgIpc) is 3.01. The lowest BCUT2D eigenvalue weighted by Gasteiger charge is -2.35. The van der Waals surface area contributed by atoms with Crippen molar-refractivity contribution in [3.8, 4) is 5.75 Å². The number of aromatic nitrogens is 2. The lowest BCUT2D eigenvalue weighted by atomic mass is 10.1. The van der Waals surface area contributed by atoms with Crippen molar-refractivity contribution in [2.75, 3.05) is 26.2 Å². The Labute approximate surface area is 144 Å². The number of amides is 1. The first-order valence-corrected chi connectivity index (χ1v) is 7.99. The van der Waals surface area contributed by atoms with E-state index in [0.29, 0.717) is 18.8 Å². The lowest BCUT2D eigenvalue weighted by molar-refractivity contribution is -0.137. The van der Waals surface area contributed by atoms with Crippen molar-refractivity contribution in [1.82, 2.24) is 19.8 Å². The molecular formula is C16H18ClFN4O2. The highest BCUT2D eigenvalue weighted by atomic mass is 35.5. The number of ether oxygens (including phenoxy) is 1. The van der Waals surface area contributed by atoms with E-state index in [9.17, 15) is 9.18 Å². The van der Waals surface area contributed by atoms with E-state index >= 15 is 0 Å². The first-order valence-electron chi connectivity index (χ1n) is 7.61. The summed E-state index contributed by atoms with van der Waals surface area (Å²) < 4.78 is 20.5. The van der Waals surface area contributed by atoms with Crippen LogP contribution in [0.15, 0.2) is 30.6 Å². The van der Waals surface area contributed by atoms with E-state index in [1.807, 2.05) is 17.8 Å². The van der Waals surface area contributed by atoms with Gasteiger partial charge in [-0.2, -0.15) is 0 Å². The molecule has 1 aliphatic heterocycles. The first-order chi connectivity index (χ1) is 11.6. The maximum absolute atomic E-state index is 13.2. The standard InChI is InChI=1S/C16H18ClFN4O2/c1-21-6-5-20-16(21)14-9-19-4-7-22(14)15(23)10-24-11-2-3-13(18)12(17)8-11/h2-3,5-6,8,14,19H,4,7,9-10H2,1H3. The Morgan fingerprint density at radius 1 is 1.54 bits per heavy atom. The number of carbonyl (C=O) groups excluding carboxylic acids is 1. The molecular weight excluding hydrogens is 335 g/mol. The minimum atomic E-state index is -0.521. The SMILES string of the molecule is Cn1ccnc1C1CNCCN1C(=O)COc1ccc(F)c(Cl)c1. The van der Waals surface area contributed by atoms with Gasteiger partial charge >= 0.3 is 0 Å². The van der Waals surface area contributed by atoms with Crippen LogP contribution in [0.4, 0.5) is 4.39 Å². The fraction of sp³-hybridized carbons (Fsp3) is 0.375. The second-order valence-corrected chi connectivity index (χ2v) is 5.98. The zero-order valence-electron chi connectivity index (χ0n) is 13.2. The van der Waals surface area contributed by atoms with Crippen LogP contribution in [0.2, 0.25) is 5.02 Å². The van der Waals surface area contributed by atoms with E-state index in [4.69, 9.17) is 16.3 Å². The average molecular weight is 353 g/mol. The van der Waals surface area contributed by atoms with E-state index in [0.717, 1.165) is 12.4 Å². The molecule has 128 valence electrons. The van der Waals surface area contributed by atoms with E-state index in [2.05, 4.69) is 10.3 Å². The van der Waals surface area contributed by atoms with Crippen molar-refractivity contribution in [3.05, 3.63) is 47.3 Å². The predicted octanol–water partition coefficient (Wildman–Crippen LogP) is 1.76. The molecule has 1 aromatic carbocycles. The smallest absolute Gasteiger partial charge is 0.261 e. The van der Waals surface area contributed by atoms with Crippen LogP contribution in [-0.4, -0.2) is 46.6 Å². The van der Waals surface area contributed by atoms with Crippen molar-refractivity contribution in [2.24, 2.45) is 7.05 Å². The van der Waals surface area contributed by atoms with Gasteiger partial charge in [0, 0.05) is 45.1 Å². The Hall–Kier alpha value is -2.12. The molecule has 3 rings (SSSR count). The minimum Gasteiger partial charge on any atom is -0.484 e. The van der Waals surface area contributed by atoms with Gasteiger partial charge in [0.1, 0.15) is 23.4 Å². The van der Waals surface area contributed by atoms with Gasteiger partial charge in [-0.15, -0.1) is 0 Å². The fourth-order valence-corrected chi connectivity index (χ4v) is 2.90. The van der Waals surface area contributed by atoms with Gasteiger partial charge in [0.05, 0.1) is 5.02 Å². The number of nitrogens with one attached hydrogen (secondary N) is 1. The lowest BCUT2D eigenvalue weighted by Crippen LogP contribution is -2.50. The highest BCUT2D eigenvalue weighted by Gasteiger charge is 2.30. The van der Waals surface area contributed by atoms with Gasteiger partial charge in [0.25, 0.3) is 5.91 Å².